The second-order valence-corrected chi connectivity index (χ2v) is 3.00. The van der Waals surface area contributed by atoms with Gasteiger partial charge in [-0.05, 0) is 11.8 Å². The van der Waals surface area contributed by atoms with E-state index in [1.54, 1.807) is 0 Å². The number of carbonyl (C=O) groups excluding carboxylic acids is 1. The predicted molar refractivity (Wildman–Crippen MR) is 32.0 cm³/mol. The number of fused-ring (bicyclic) bond motifs is 1. The zero-order valence-electron chi connectivity index (χ0n) is 5.30. The van der Waals surface area contributed by atoms with E-state index in [9.17, 15) is 4.79 Å². The van der Waals surface area contributed by atoms with Crippen LogP contribution < -0.4 is 0 Å². The number of Topliss-reactive ketones (excluding diaryl/α,β-unsaturated/α-hetero) is 1. The minimum Gasteiger partial charge on any atom is -0.381 e. The molecule has 1 aliphatic heterocycles. The minimum atomic E-state index is 0.438. The Morgan fingerprint density at radius 1 is 1.22 bits per heavy atom. The number of ketones is 1. The smallest absolute Gasteiger partial charge is 0.133 e. The molecule has 50 valence electrons. The van der Waals surface area contributed by atoms with E-state index in [2.05, 4.69) is 0 Å². The van der Waals surface area contributed by atoms with Gasteiger partial charge in [-0.3, -0.25) is 4.79 Å². The summed E-state index contributed by atoms with van der Waals surface area (Å²) >= 11 is 0. The van der Waals surface area contributed by atoms with Crippen molar-refractivity contribution < 1.29 is 9.53 Å². The molecule has 0 radical (unpaired) electrons. The summed E-state index contributed by atoms with van der Waals surface area (Å²) < 4.78 is 5.21. The van der Waals surface area contributed by atoms with Crippen molar-refractivity contribution in [2.45, 2.75) is 12.8 Å². The Labute approximate surface area is 54.2 Å². The second kappa shape index (κ2) is 1.81. The van der Waals surface area contributed by atoms with Gasteiger partial charge in [0.1, 0.15) is 5.78 Å². The maximum absolute atomic E-state index is 10.8. The van der Waals surface area contributed by atoms with E-state index in [0.29, 0.717) is 17.6 Å². The third-order valence-electron chi connectivity index (χ3n) is 2.31. The van der Waals surface area contributed by atoms with E-state index in [1.165, 1.54) is 0 Å². The lowest BCUT2D eigenvalue weighted by molar-refractivity contribution is -0.118. The van der Waals surface area contributed by atoms with Crippen LogP contribution in [0.25, 0.3) is 0 Å². The van der Waals surface area contributed by atoms with Crippen LogP contribution in [0.4, 0.5) is 0 Å². The van der Waals surface area contributed by atoms with Gasteiger partial charge in [0, 0.05) is 12.8 Å². The molecule has 1 heterocycles. The lowest BCUT2D eigenvalue weighted by Gasteiger charge is -1.99. The first kappa shape index (κ1) is 5.42. The summed E-state index contributed by atoms with van der Waals surface area (Å²) in [6.45, 7) is 1.66. The molecule has 0 spiro atoms. The Morgan fingerprint density at radius 3 is 2.33 bits per heavy atom. The van der Waals surface area contributed by atoms with Gasteiger partial charge in [-0.25, -0.2) is 0 Å². The number of carbonyl (C=O) groups is 1. The molecule has 2 fully saturated rings. The van der Waals surface area contributed by atoms with Crippen molar-refractivity contribution in [1.82, 2.24) is 0 Å². The third-order valence-corrected chi connectivity index (χ3v) is 2.31. The average Bonchev–Trinajstić information content (AvgIpc) is 2.22. The van der Waals surface area contributed by atoms with Crippen LogP contribution in [0.3, 0.4) is 0 Å². The highest BCUT2D eigenvalue weighted by Gasteiger charge is 2.36. The van der Waals surface area contributed by atoms with Crippen molar-refractivity contribution in [3.8, 4) is 0 Å². The highest BCUT2D eigenvalue weighted by molar-refractivity contribution is 5.81. The van der Waals surface area contributed by atoms with Crippen LogP contribution >= 0.6 is 0 Å². The molecule has 2 nitrogen and oxygen atoms in total. The van der Waals surface area contributed by atoms with Gasteiger partial charge in [0.2, 0.25) is 0 Å². The molecule has 0 bridgehead atoms. The van der Waals surface area contributed by atoms with Crippen LogP contribution in [0.15, 0.2) is 0 Å². The number of hydrogen-bond donors (Lipinski definition) is 0. The molecule has 0 N–H and O–H groups in total. The summed E-state index contributed by atoms with van der Waals surface area (Å²) in [7, 11) is 0. The number of rotatable bonds is 0. The van der Waals surface area contributed by atoms with Gasteiger partial charge in [-0.1, -0.05) is 0 Å². The van der Waals surface area contributed by atoms with Crippen molar-refractivity contribution in [1.29, 1.82) is 0 Å². The van der Waals surface area contributed by atoms with Crippen molar-refractivity contribution in [2.24, 2.45) is 11.8 Å². The Balaban J connectivity index is 2.09. The number of ether oxygens (including phenoxy) is 1. The van der Waals surface area contributed by atoms with E-state index in [0.717, 1.165) is 26.1 Å². The Hall–Kier alpha value is -0.370. The van der Waals surface area contributed by atoms with Crippen LogP contribution in [0, 0.1) is 11.8 Å². The fraction of sp³-hybridized carbons (Fsp3) is 0.857. The highest BCUT2D eigenvalue weighted by Crippen LogP contribution is 2.33. The first-order valence-corrected chi connectivity index (χ1v) is 3.45. The van der Waals surface area contributed by atoms with Gasteiger partial charge in [0.25, 0.3) is 0 Å². The van der Waals surface area contributed by atoms with Crippen molar-refractivity contribution >= 4 is 5.78 Å². The van der Waals surface area contributed by atoms with Crippen LogP contribution in [0.2, 0.25) is 0 Å². The van der Waals surface area contributed by atoms with E-state index in [4.69, 9.17) is 4.74 Å². The first-order valence-electron chi connectivity index (χ1n) is 3.45. The summed E-state index contributed by atoms with van der Waals surface area (Å²) in [5.74, 6) is 1.60. The third kappa shape index (κ3) is 0.778. The van der Waals surface area contributed by atoms with E-state index < -0.39 is 0 Å². The summed E-state index contributed by atoms with van der Waals surface area (Å²) in [6.07, 6.45) is 1.56. The Kier molecular flexibility index (Phi) is 1.09. The maximum Gasteiger partial charge on any atom is 0.133 e. The summed E-state index contributed by atoms with van der Waals surface area (Å²) in [6, 6.07) is 0. The zero-order chi connectivity index (χ0) is 6.27. The molecule has 1 aliphatic carbocycles. The molecular weight excluding hydrogens is 116 g/mol. The van der Waals surface area contributed by atoms with Crippen LogP contribution in [0.1, 0.15) is 12.8 Å². The molecule has 2 heteroatoms. The lowest BCUT2D eigenvalue weighted by atomic mass is 10.0. The van der Waals surface area contributed by atoms with Gasteiger partial charge < -0.3 is 4.74 Å². The van der Waals surface area contributed by atoms with Gasteiger partial charge in [0.15, 0.2) is 0 Å². The summed E-state index contributed by atoms with van der Waals surface area (Å²) in [5.41, 5.74) is 0. The van der Waals surface area contributed by atoms with E-state index >= 15 is 0 Å². The Morgan fingerprint density at radius 2 is 1.78 bits per heavy atom. The fourth-order valence-electron chi connectivity index (χ4n) is 1.76. The standard InChI is InChI=1S/C7H10O2/c8-7-1-5-3-9-4-6(5)2-7/h5-6H,1-4H2/t5-,6-/m0/s1. The highest BCUT2D eigenvalue weighted by atomic mass is 16.5. The van der Waals surface area contributed by atoms with E-state index in [1.807, 2.05) is 0 Å². The molecule has 1 saturated heterocycles. The molecule has 2 atom stereocenters. The van der Waals surface area contributed by atoms with Crippen molar-refractivity contribution in [3.63, 3.8) is 0 Å². The maximum atomic E-state index is 10.8. The largest absolute Gasteiger partial charge is 0.381 e. The molecule has 0 unspecified atom stereocenters. The van der Waals surface area contributed by atoms with Crippen LogP contribution in [0.5, 0.6) is 0 Å². The molecule has 0 aromatic carbocycles. The van der Waals surface area contributed by atoms with Gasteiger partial charge >= 0.3 is 0 Å². The van der Waals surface area contributed by atoms with E-state index in [-0.39, 0.29) is 0 Å². The zero-order valence-corrected chi connectivity index (χ0v) is 5.30. The molecule has 0 aromatic rings. The molecule has 2 aliphatic rings. The summed E-state index contributed by atoms with van der Waals surface area (Å²) in [4.78, 5) is 10.8. The Bertz CT molecular complexity index is 128. The molecule has 2 rings (SSSR count). The molecule has 1 saturated carbocycles. The molecule has 0 aromatic heterocycles. The lowest BCUT2D eigenvalue weighted by Crippen LogP contribution is -2.01. The average molecular weight is 126 g/mol. The minimum absolute atomic E-state index is 0.438. The monoisotopic (exact) mass is 126 g/mol. The molecular formula is C7H10O2. The van der Waals surface area contributed by atoms with Crippen LogP contribution in [-0.2, 0) is 9.53 Å². The predicted octanol–water partition coefficient (Wildman–Crippen LogP) is 0.612. The molecule has 9 heavy (non-hydrogen) atoms. The van der Waals surface area contributed by atoms with Gasteiger partial charge in [0.05, 0.1) is 13.2 Å². The van der Waals surface area contributed by atoms with Crippen molar-refractivity contribution in [3.05, 3.63) is 0 Å². The van der Waals surface area contributed by atoms with Crippen LogP contribution in [-0.4, -0.2) is 19.0 Å². The summed E-state index contributed by atoms with van der Waals surface area (Å²) in [5, 5.41) is 0. The second-order valence-electron chi connectivity index (χ2n) is 3.00. The van der Waals surface area contributed by atoms with Gasteiger partial charge in [-0.2, -0.15) is 0 Å². The van der Waals surface area contributed by atoms with Gasteiger partial charge in [-0.15, -0.1) is 0 Å². The topological polar surface area (TPSA) is 26.3 Å². The quantitative estimate of drug-likeness (QED) is 0.475. The fourth-order valence-corrected chi connectivity index (χ4v) is 1.76. The first-order chi connectivity index (χ1) is 4.36. The normalized spacial score (nSPS) is 41.6. The number of hydrogen-bond acceptors (Lipinski definition) is 2. The SMILES string of the molecule is O=C1C[C@H]2COC[C@@H]2C1. The molecule has 0 amide bonds. The van der Waals surface area contributed by atoms with Crippen molar-refractivity contribution in [2.75, 3.05) is 13.2 Å².